The number of methoxy groups -OCH3 is 1. The van der Waals surface area contributed by atoms with Crippen LogP contribution < -0.4 is 15.4 Å². The second-order valence-electron chi connectivity index (χ2n) is 4.53. The first-order valence-electron chi connectivity index (χ1n) is 6.26. The van der Waals surface area contributed by atoms with Crippen molar-refractivity contribution in [3.63, 3.8) is 0 Å². The van der Waals surface area contributed by atoms with Gasteiger partial charge in [-0.25, -0.2) is 0 Å². The van der Waals surface area contributed by atoms with Crippen LogP contribution in [0.15, 0.2) is 18.2 Å². The predicted octanol–water partition coefficient (Wildman–Crippen LogP) is 2.16. The average Bonchev–Trinajstić information content (AvgIpc) is 2.90. The van der Waals surface area contributed by atoms with Crippen LogP contribution in [0.5, 0.6) is 5.75 Å². The van der Waals surface area contributed by atoms with E-state index in [0.29, 0.717) is 0 Å². The molecule has 1 aliphatic heterocycles. The van der Waals surface area contributed by atoms with Crippen molar-refractivity contribution in [1.82, 2.24) is 10.6 Å². The highest BCUT2D eigenvalue weighted by atomic mass is 32.2. The molecule has 0 spiro atoms. The van der Waals surface area contributed by atoms with Gasteiger partial charge in [0, 0.05) is 12.3 Å². The van der Waals surface area contributed by atoms with Gasteiger partial charge in [-0.05, 0) is 17.7 Å². The van der Waals surface area contributed by atoms with E-state index in [1.165, 1.54) is 19.2 Å². The first kappa shape index (κ1) is 16.5. The zero-order chi connectivity index (χ0) is 16.3. The van der Waals surface area contributed by atoms with E-state index >= 15 is 0 Å². The minimum absolute atomic E-state index is 0.0707. The van der Waals surface area contributed by atoms with Crippen LogP contribution in [-0.4, -0.2) is 30.1 Å². The predicted molar refractivity (Wildman–Crippen MR) is 74.6 cm³/mol. The molecule has 0 saturated carbocycles. The summed E-state index contributed by atoms with van der Waals surface area (Å²) in [5.41, 5.74) is -0.935. The molecular weight excluding hydrogens is 321 g/mol. The Morgan fingerprint density at radius 2 is 2.23 bits per heavy atom. The topological polar surface area (TPSA) is 67.4 Å². The second kappa shape index (κ2) is 6.47. The van der Waals surface area contributed by atoms with Gasteiger partial charge < -0.3 is 15.4 Å². The molecule has 1 saturated heterocycles. The van der Waals surface area contributed by atoms with Gasteiger partial charge in [0.15, 0.2) is 0 Å². The SMILES string of the molecule is COc1ccc(CNC(=O)[C@@H]2CSC(=O)N2)c(C(F)(F)F)c1. The number of hydrogen-bond donors (Lipinski definition) is 2. The maximum atomic E-state index is 13.0. The van der Waals surface area contributed by atoms with Crippen molar-refractivity contribution in [2.75, 3.05) is 12.9 Å². The van der Waals surface area contributed by atoms with Gasteiger partial charge in [0.25, 0.3) is 5.24 Å². The van der Waals surface area contributed by atoms with Gasteiger partial charge in [-0.3, -0.25) is 9.59 Å². The summed E-state index contributed by atoms with van der Waals surface area (Å²) in [5.74, 6) is -0.163. The third-order valence-corrected chi connectivity index (χ3v) is 3.95. The number of thioether (sulfide) groups is 1. The monoisotopic (exact) mass is 334 g/mol. The molecule has 0 bridgehead atoms. The third kappa shape index (κ3) is 3.85. The molecule has 0 aliphatic carbocycles. The Hall–Kier alpha value is -1.90. The number of benzene rings is 1. The van der Waals surface area contributed by atoms with Crippen LogP contribution in [0, 0.1) is 0 Å². The number of ether oxygens (including phenoxy) is 1. The number of nitrogens with one attached hydrogen (secondary N) is 2. The van der Waals surface area contributed by atoms with Gasteiger partial charge in [-0.2, -0.15) is 13.2 Å². The van der Waals surface area contributed by atoms with Crippen molar-refractivity contribution in [2.45, 2.75) is 18.8 Å². The van der Waals surface area contributed by atoms with Crippen LogP contribution >= 0.6 is 11.8 Å². The largest absolute Gasteiger partial charge is 0.497 e. The Balaban J connectivity index is 2.09. The Morgan fingerprint density at radius 1 is 1.50 bits per heavy atom. The van der Waals surface area contributed by atoms with Crippen molar-refractivity contribution in [3.05, 3.63) is 29.3 Å². The molecule has 22 heavy (non-hydrogen) atoms. The summed E-state index contributed by atoms with van der Waals surface area (Å²) in [6.45, 7) is -0.283. The lowest BCUT2D eigenvalue weighted by Crippen LogP contribution is -2.42. The summed E-state index contributed by atoms with van der Waals surface area (Å²) in [4.78, 5) is 22.8. The normalized spacial score (nSPS) is 18.0. The van der Waals surface area contributed by atoms with E-state index in [4.69, 9.17) is 4.74 Å². The third-order valence-electron chi connectivity index (χ3n) is 3.07. The zero-order valence-electron chi connectivity index (χ0n) is 11.5. The number of halogens is 3. The maximum absolute atomic E-state index is 13.0. The van der Waals surface area contributed by atoms with Gasteiger partial charge in [-0.15, -0.1) is 0 Å². The Kier molecular flexibility index (Phi) is 4.84. The summed E-state index contributed by atoms with van der Waals surface area (Å²) < 4.78 is 43.8. The summed E-state index contributed by atoms with van der Waals surface area (Å²) in [7, 11) is 1.28. The molecule has 0 aromatic heterocycles. The highest BCUT2D eigenvalue weighted by Gasteiger charge is 2.34. The molecule has 2 N–H and O–H groups in total. The summed E-state index contributed by atoms with van der Waals surface area (Å²) in [6.07, 6.45) is -4.55. The number of rotatable bonds is 4. The van der Waals surface area contributed by atoms with Gasteiger partial charge in [0.2, 0.25) is 5.91 Å². The molecular formula is C13H13F3N2O3S. The Labute approximate surface area is 128 Å². The Bertz CT molecular complexity index is 592. The van der Waals surface area contributed by atoms with Crippen LogP contribution in [0.25, 0.3) is 0 Å². The fourth-order valence-electron chi connectivity index (χ4n) is 1.93. The summed E-state index contributed by atoms with van der Waals surface area (Å²) in [6, 6.07) is 2.81. The van der Waals surface area contributed by atoms with Crippen LogP contribution in [0.1, 0.15) is 11.1 Å². The van der Waals surface area contributed by atoms with E-state index in [9.17, 15) is 22.8 Å². The lowest BCUT2D eigenvalue weighted by molar-refractivity contribution is -0.138. The molecule has 1 atom stereocenters. The molecule has 1 aromatic carbocycles. The number of hydrogen-bond acceptors (Lipinski definition) is 4. The van der Waals surface area contributed by atoms with Gasteiger partial charge >= 0.3 is 6.18 Å². The van der Waals surface area contributed by atoms with Gasteiger partial charge in [0.1, 0.15) is 11.8 Å². The molecule has 0 unspecified atom stereocenters. The van der Waals surface area contributed by atoms with Crippen LogP contribution in [0.2, 0.25) is 0 Å². The van der Waals surface area contributed by atoms with Gasteiger partial charge in [0.05, 0.1) is 12.7 Å². The average molecular weight is 334 g/mol. The van der Waals surface area contributed by atoms with E-state index in [-0.39, 0.29) is 28.8 Å². The highest BCUT2D eigenvalue weighted by Crippen LogP contribution is 2.34. The maximum Gasteiger partial charge on any atom is 0.416 e. The van der Waals surface area contributed by atoms with Crippen LogP contribution in [0.3, 0.4) is 0 Å². The fraction of sp³-hybridized carbons (Fsp3) is 0.385. The highest BCUT2D eigenvalue weighted by molar-refractivity contribution is 8.14. The minimum Gasteiger partial charge on any atom is -0.497 e. The van der Waals surface area contributed by atoms with Crippen molar-refractivity contribution in [2.24, 2.45) is 0 Å². The fourth-order valence-corrected chi connectivity index (χ4v) is 2.71. The number of amides is 2. The van der Waals surface area contributed by atoms with Gasteiger partial charge in [-0.1, -0.05) is 17.8 Å². The molecule has 120 valence electrons. The van der Waals surface area contributed by atoms with Crippen LogP contribution in [0.4, 0.5) is 18.0 Å². The zero-order valence-corrected chi connectivity index (χ0v) is 12.3. The number of alkyl halides is 3. The standard InChI is InChI=1S/C13H13F3N2O3S/c1-21-8-3-2-7(9(4-8)13(14,15)16)5-17-11(19)10-6-22-12(20)18-10/h2-4,10H,5-6H2,1H3,(H,17,19)(H,18,20)/t10-/m0/s1. The smallest absolute Gasteiger partial charge is 0.416 e. The number of carbonyl (C=O) groups is 2. The quantitative estimate of drug-likeness (QED) is 0.885. The van der Waals surface area contributed by atoms with Crippen molar-refractivity contribution >= 4 is 22.9 Å². The van der Waals surface area contributed by atoms with E-state index < -0.39 is 23.7 Å². The molecule has 2 rings (SSSR count). The molecule has 5 nitrogen and oxygen atoms in total. The van der Waals surface area contributed by atoms with Crippen molar-refractivity contribution in [1.29, 1.82) is 0 Å². The summed E-state index contributed by atoms with van der Waals surface area (Å²) in [5, 5.41) is 4.51. The van der Waals surface area contributed by atoms with E-state index in [0.717, 1.165) is 17.8 Å². The molecule has 1 aromatic rings. The minimum atomic E-state index is -4.55. The first-order chi connectivity index (χ1) is 10.3. The lowest BCUT2D eigenvalue weighted by Gasteiger charge is -2.16. The Morgan fingerprint density at radius 3 is 2.77 bits per heavy atom. The molecule has 0 radical (unpaired) electrons. The second-order valence-corrected chi connectivity index (χ2v) is 5.53. The molecule has 1 fully saturated rings. The van der Waals surface area contributed by atoms with E-state index in [2.05, 4.69) is 10.6 Å². The summed E-state index contributed by atoms with van der Waals surface area (Å²) >= 11 is 0.960. The molecule has 2 amide bonds. The van der Waals surface area contributed by atoms with Crippen molar-refractivity contribution in [3.8, 4) is 5.75 Å². The van der Waals surface area contributed by atoms with Crippen molar-refractivity contribution < 1.29 is 27.5 Å². The first-order valence-corrected chi connectivity index (χ1v) is 7.25. The molecule has 1 aliphatic rings. The molecule has 9 heteroatoms. The lowest BCUT2D eigenvalue weighted by atomic mass is 10.1. The number of carbonyl (C=O) groups excluding carboxylic acids is 2. The van der Waals surface area contributed by atoms with Crippen LogP contribution in [-0.2, 0) is 17.5 Å². The molecule has 1 heterocycles. The van der Waals surface area contributed by atoms with E-state index in [1.54, 1.807) is 0 Å². The van der Waals surface area contributed by atoms with E-state index in [1.807, 2.05) is 0 Å².